The van der Waals surface area contributed by atoms with E-state index in [0.29, 0.717) is 22.9 Å². The van der Waals surface area contributed by atoms with Crippen LogP contribution in [0.1, 0.15) is 10.4 Å². The van der Waals surface area contributed by atoms with Crippen molar-refractivity contribution >= 4 is 32.7 Å². The molecule has 2 saturated heterocycles. The van der Waals surface area contributed by atoms with Crippen molar-refractivity contribution in [3.8, 4) is 0 Å². The van der Waals surface area contributed by atoms with Gasteiger partial charge in [-0.05, 0) is 30.0 Å². The van der Waals surface area contributed by atoms with Gasteiger partial charge in [0.2, 0.25) is 5.56 Å². The van der Waals surface area contributed by atoms with Crippen LogP contribution in [0.25, 0.3) is 10.9 Å². The van der Waals surface area contributed by atoms with Gasteiger partial charge >= 0.3 is 0 Å². The SMILES string of the molecule is O=C(c1cc(=O)[nH]c2ccc(Br)cc12)N1C[C@H]2CNC[C@H]2C1. The van der Waals surface area contributed by atoms with Gasteiger partial charge in [0.15, 0.2) is 0 Å². The molecule has 0 bridgehead atoms. The third-order valence-corrected chi connectivity index (χ3v) is 5.21. The predicted octanol–water partition coefficient (Wildman–Crippen LogP) is 1.58. The number of likely N-dealkylation sites (tertiary alicyclic amines) is 1. The Labute approximate surface area is 135 Å². The van der Waals surface area contributed by atoms with Crippen molar-refractivity contribution in [3.05, 3.63) is 44.7 Å². The number of aromatic nitrogens is 1. The lowest BCUT2D eigenvalue weighted by Gasteiger charge is -2.18. The maximum absolute atomic E-state index is 12.9. The number of hydrogen-bond donors (Lipinski definition) is 2. The predicted molar refractivity (Wildman–Crippen MR) is 88.0 cm³/mol. The number of carbonyl (C=O) groups excluding carboxylic acids is 1. The summed E-state index contributed by atoms with van der Waals surface area (Å²) in [6.45, 7) is 3.52. The van der Waals surface area contributed by atoms with Gasteiger partial charge < -0.3 is 15.2 Å². The number of aromatic amines is 1. The second-order valence-corrected chi connectivity index (χ2v) is 7.04. The third-order valence-electron chi connectivity index (χ3n) is 4.71. The lowest BCUT2D eigenvalue weighted by molar-refractivity contribution is 0.0783. The number of hydrogen-bond acceptors (Lipinski definition) is 3. The molecule has 2 atom stereocenters. The summed E-state index contributed by atoms with van der Waals surface area (Å²) in [5, 5.41) is 4.16. The molecule has 0 spiro atoms. The molecule has 0 radical (unpaired) electrons. The van der Waals surface area contributed by atoms with Gasteiger partial charge in [-0.15, -0.1) is 0 Å². The lowest BCUT2D eigenvalue weighted by Crippen LogP contribution is -2.32. The molecule has 22 heavy (non-hydrogen) atoms. The van der Waals surface area contributed by atoms with E-state index >= 15 is 0 Å². The molecule has 4 rings (SSSR count). The molecule has 6 heteroatoms. The summed E-state index contributed by atoms with van der Waals surface area (Å²) in [6.07, 6.45) is 0. The van der Waals surface area contributed by atoms with E-state index in [9.17, 15) is 9.59 Å². The molecule has 1 aromatic carbocycles. The van der Waals surface area contributed by atoms with Crippen molar-refractivity contribution in [1.82, 2.24) is 15.2 Å². The molecule has 1 amide bonds. The molecule has 2 aliphatic heterocycles. The average molecular weight is 362 g/mol. The fraction of sp³-hybridized carbons (Fsp3) is 0.375. The van der Waals surface area contributed by atoms with Crippen LogP contribution < -0.4 is 10.9 Å². The van der Waals surface area contributed by atoms with E-state index in [1.807, 2.05) is 23.1 Å². The third kappa shape index (κ3) is 2.27. The molecule has 1 aromatic heterocycles. The first-order chi connectivity index (χ1) is 10.6. The number of benzene rings is 1. The Morgan fingerprint density at radius 1 is 1.18 bits per heavy atom. The van der Waals surface area contributed by atoms with Crippen LogP contribution in [0.4, 0.5) is 0 Å². The molecule has 2 fully saturated rings. The molecular formula is C16H16BrN3O2. The van der Waals surface area contributed by atoms with Crippen LogP contribution >= 0.6 is 15.9 Å². The zero-order valence-electron chi connectivity index (χ0n) is 11.9. The van der Waals surface area contributed by atoms with Crippen molar-refractivity contribution < 1.29 is 4.79 Å². The van der Waals surface area contributed by atoms with Crippen molar-refractivity contribution in [3.63, 3.8) is 0 Å². The minimum atomic E-state index is -0.237. The summed E-state index contributed by atoms with van der Waals surface area (Å²) in [5.74, 6) is 1.05. The largest absolute Gasteiger partial charge is 0.338 e. The van der Waals surface area contributed by atoms with Gasteiger partial charge in [-0.3, -0.25) is 9.59 Å². The molecule has 0 saturated carbocycles. The summed E-state index contributed by atoms with van der Waals surface area (Å²) >= 11 is 3.43. The van der Waals surface area contributed by atoms with E-state index in [4.69, 9.17) is 0 Å². The van der Waals surface area contributed by atoms with Gasteiger partial charge in [-0.25, -0.2) is 0 Å². The topological polar surface area (TPSA) is 65.2 Å². The first-order valence-electron chi connectivity index (χ1n) is 7.44. The number of halogens is 1. The van der Waals surface area contributed by atoms with E-state index in [-0.39, 0.29) is 11.5 Å². The fourth-order valence-electron chi connectivity index (χ4n) is 3.59. The molecule has 114 valence electrons. The maximum Gasteiger partial charge on any atom is 0.254 e. The number of amides is 1. The Morgan fingerprint density at radius 3 is 2.64 bits per heavy atom. The van der Waals surface area contributed by atoms with Gasteiger partial charge in [-0.1, -0.05) is 15.9 Å². The maximum atomic E-state index is 12.9. The van der Waals surface area contributed by atoms with Crippen LogP contribution in [0, 0.1) is 11.8 Å². The van der Waals surface area contributed by atoms with Gasteiger partial charge in [0.1, 0.15) is 0 Å². The molecular weight excluding hydrogens is 346 g/mol. The highest BCUT2D eigenvalue weighted by molar-refractivity contribution is 9.10. The number of pyridine rings is 1. The monoisotopic (exact) mass is 361 g/mol. The zero-order chi connectivity index (χ0) is 15.3. The summed E-state index contributed by atoms with van der Waals surface area (Å²) < 4.78 is 0.892. The van der Waals surface area contributed by atoms with Crippen LogP contribution in [0.2, 0.25) is 0 Å². The van der Waals surface area contributed by atoms with Gasteiger partial charge in [0.05, 0.1) is 5.56 Å². The first-order valence-corrected chi connectivity index (χ1v) is 8.24. The standard InChI is InChI=1S/C16H16BrN3O2/c17-11-1-2-14-12(3-11)13(4-15(21)19-14)16(22)20-7-9-5-18-6-10(9)8-20/h1-4,9-10,18H,5-8H2,(H,19,21)/t9-,10+. The Kier molecular flexibility index (Phi) is 3.31. The highest BCUT2D eigenvalue weighted by Crippen LogP contribution is 2.29. The minimum absolute atomic E-state index is 0.0383. The fourth-order valence-corrected chi connectivity index (χ4v) is 3.96. The lowest BCUT2D eigenvalue weighted by atomic mass is 10.0. The van der Waals surface area contributed by atoms with Crippen LogP contribution in [0.3, 0.4) is 0 Å². The highest BCUT2D eigenvalue weighted by atomic mass is 79.9. The Bertz CT molecular complexity index is 805. The number of nitrogens with one attached hydrogen (secondary N) is 2. The molecule has 0 unspecified atom stereocenters. The molecule has 0 aliphatic carbocycles. The number of fused-ring (bicyclic) bond motifs is 2. The Hall–Kier alpha value is -1.66. The summed E-state index contributed by atoms with van der Waals surface area (Å²) in [6, 6.07) is 6.99. The van der Waals surface area contributed by atoms with E-state index in [1.165, 1.54) is 6.07 Å². The quantitative estimate of drug-likeness (QED) is 0.810. The van der Waals surface area contributed by atoms with Gasteiger partial charge in [0, 0.05) is 47.6 Å². The van der Waals surface area contributed by atoms with Crippen molar-refractivity contribution in [2.75, 3.05) is 26.2 Å². The molecule has 5 nitrogen and oxygen atoms in total. The number of carbonyl (C=O) groups is 1. The Morgan fingerprint density at radius 2 is 1.91 bits per heavy atom. The molecule has 3 heterocycles. The second kappa shape index (κ2) is 5.21. The minimum Gasteiger partial charge on any atom is -0.338 e. The van der Waals surface area contributed by atoms with Gasteiger partial charge in [0.25, 0.3) is 5.91 Å². The number of H-pyrrole nitrogens is 1. The van der Waals surface area contributed by atoms with Crippen LogP contribution in [-0.4, -0.2) is 42.0 Å². The van der Waals surface area contributed by atoms with E-state index in [0.717, 1.165) is 36.0 Å². The first kappa shape index (κ1) is 14.0. The Balaban J connectivity index is 1.75. The van der Waals surface area contributed by atoms with Crippen LogP contribution in [0.5, 0.6) is 0 Å². The smallest absolute Gasteiger partial charge is 0.254 e. The zero-order valence-corrected chi connectivity index (χ0v) is 13.5. The van der Waals surface area contributed by atoms with Crippen molar-refractivity contribution in [1.29, 1.82) is 0 Å². The van der Waals surface area contributed by atoms with E-state index < -0.39 is 0 Å². The summed E-state index contributed by atoms with van der Waals surface area (Å²) in [5.41, 5.74) is 0.951. The van der Waals surface area contributed by atoms with Crippen LogP contribution in [0.15, 0.2) is 33.5 Å². The van der Waals surface area contributed by atoms with Crippen molar-refractivity contribution in [2.45, 2.75) is 0 Å². The average Bonchev–Trinajstić information content (AvgIpc) is 3.07. The number of rotatable bonds is 1. The van der Waals surface area contributed by atoms with Crippen molar-refractivity contribution in [2.24, 2.45) is 11.8 Å². The van der Waals surface area contributed by atoms with Crippen LogP contribution in [-0.2, 0) is 0 Å². The summed E-state index contributed by atoms with van der Waals surface area (Å²) in [7, 11) is 0. The molecule has 2 aromatic rings. The second-order valence-electron chi connectivity index (χ2n) is 6.13. The number of nitrogens with zero attached hydrogens (tertiary/aromatic N) is 1. The van der Waals surface area contributed by atoms with E-state index in [2.05, 4.69) is 26.2 Å². The van der Waals surface area contributed by atoms with E-state index in [1.54, 1.807) is 0 Å². The highest BCUT2D eigenvalue weighted by Gasteiger charge is 2.38. The normalized spacial score (nSPS) is 24.0. The molecule has 2 aliphatic rings. The summed E-state index contributed by atoms with van der Waals surface area (Å²) in [4.78, 5) is 29.4. The van der Waals surface area contributed by atoms with Gasteiger partial charge in [-0.2, -0.15) is 0 Å². The molecule has 2 N–H and O–H groups in total.